The second-order valence-corrected chi connectivity index (χ2v) is 3.51. The number of hydrogen-bond acceptors (Lipinski definition) is 5. The molecule has 8 heteroatoms. The van der Waals surface area contributed by atoms with E-state index in [-0.39, 0.29) is 17.4 Å². The maximum atomic E-state index is 12.2. The van der Waals surface area contributed by atoms with Gasteiger partial charge in [-0.25, -0.2) is 9.97 Å². The zero-order chi connectivity index (χ0) is 13.9. The van der Waals surface area contributed by atoms with E-state index in [1.807, 2.05) is 0 Å². The summed E-state index contributed by atoms with van der Waals surface area (Å²) in [6.07, 6.45) is -2.09. The summed E-state index contributed by atoms with van der Waals surface area (Å²) in [5.41, 5.74) is 5.86. The maximum absolute atomic E-state index is 12.2. The standard InChI is InChI=1S/C11H9F3N4O/c12-11(13,14)19-9-4-2-1-3-8(9)18-10-16-5-7(15)6-17-10/h1-6H,15H2,(H,16,17,18). The normalized spacial score (nSPS) is 11.1. The predicted molar refractivity (Wildman–Crippen MR) is 62.9 cm³/mol. The minimum atomic E-state index is -4.76. The van der Waals surface area contributed by atoms with Gasteiger partial charge in [0.25, 0.3) is 0 Å². The summed E-state index contributed by atoms with van der Waals surface area (Å²) in [6.45, 7) is 0. The molecule has 0 aliphatic rings. The Hall–Kier alpha value is -2.51. The van der Waals surface area contributed by atoms with E-state index in [0.717, 1.165) is 0 Å². The SMILES string of the molecule is Nc1cnc(Nc2ccccc2OC(F)(F)F)nc1. The lowest BCUT2D eigenvalue weighted by molar-refractivity contribution is -0.274. The van der Waals surface area contributed by atoms with Crippen LogP contribution in [0.5, 0.6) is 5.75 Å². The summed E-state index contributed by atoms with van der Waals surface area (Å²) in [4.78, 5) is 7.65. The van der Waals surface area contributed by atoms with E-state index in [0.29, 0.717) is 5.69 Å². The molecule has 5 nitrogen and oxygen atoms in total. The molecule has 0 saturated carbocycles. The van der Waals surface area contributed by atoms with Gasteiger partial charge in [-0.2, -0.15) is 0 Å². The Morgan fingerprint density at radius 1 is 1.11 bits per heavy atom. The average Bonchev–Trinajstić information content (AvgIpc) is 2.33. The molecule has 0 amide bonds. The van der Waals surface area contributed by atoms with E-state index in [2.05, 4.69) is 20.0 Å². The van der Waals surface area contributed by atoms with Gasteiger partial charge >= 0.3 is 6.36 Å². The fourth-order valence-electron chi connectivity index (χ4n) is 1.31. The summed E-state index contributed by atoms with van der Waals surface area (Å²) in [5, 5.41) is 2.62. The molecule has 0 aliphatic carbocycles. The van der Waals surface area contributed by atoms with Crippen molar-refractivity contribution in [3.05, 3.63) is 36.7 Å². The molecule has 0 radical (unpaired) electrons. The largest absolute Gasteiger partial charge is 0.573 e. The highest BCUT2D eigenvalue weighted by atomic mass is 19.4. The van der Waals surface area contributed by atoms with Crippen LogP contribution >= 0.6 is 0 Å². The molecule has 19 heavy (non-hydrogen) atoms. The Kier molecular flexibility index (Phi) is 3.41. The highest BCUT2D eigenvalue weighted by Gasteiger charge is 2.32. The van der Waals surface area contributed by atoms with Crippen molar-refractivity contribution in [3.8, 4) is 5.75 Å². The van der Waals surface area contributed by atoms with Crippen LogP contribution in [0.4, 0.5) is 30.5 Å². The Balaban J connectivity index is 2.22. The molecule has 0 atom stereocenters. The molecule has 0 saturated heterocycles. The lowest BCUT2D eigenvalue weighted by Gasteiger charge is -2.13. The highest BCUT2D eigenvalue weighted by Crippen LogP contribution is 2.31. The van der Waals surface area contributed by atoms with Crippen molar-refractivity contribution >= 4 is 17.3 Å². The maximum Gasteiger partial charge on any atom is 0.573 e. The molecule has 0 unspecified atom stereocenters. The molecule has 1 aromatic heterocycles. The second kappa shape index (κ2) is 5.01. The van der Waals surface area contributed by atoms with Crippen molar-refractivity contribution in [2.24, 2.45) is 0 Å². The smallest absolute Gasteiger partial charge is 0.404 e. The fourth-order valence-corrected chi connectivity index (χ4v) is 1.31. The first-order chi connectivity index (χ1) is 8.94. The Labute approximate surface area is 106 Å². The van der Waals surface area contributed by atoms with Crippen LogP contribution in [0.2, 0.25) is 0 Å². The van der Waals surface area contributed by atoms with Crippen molar-refractivity contribution in [2.75, 3.05) is 11.1 Å². The second-order valence-electron chi connectivity index (χ2n) is 3.51. The van der Waals surface area contributed by atoms with Gasteiger partial charge < -0.3 is 15.8 Å². The van der Waals surface area contributed by atoms with E-state index >= 15 is 0 Å². The van der Waals surface area contributed by atoms with Crippen LogP contribution in [0.3, 0.4) is 0 Å². The zero-order valence-corrected chi connectivity index (χ0v) is 9.48. The van der Waals surface area contributed by atoms with Gasteiger partial charge in [-0.1, -0.05) is 12.1 Å². The van der Waals surface area contributed by atoms with E-state index < -0.39 is 6.36 Å². The monoisotopic (exact) mass is 270 g/mol. The number of benzene rings is 1. The van der Waals surface area contributed by atoms with Gasteiger partial charge in [-0.3, -0.25) is 0 Å². The van der Waals surface area contributed by atoms with E-state index in [1.165, 1.54) is 30.6 Å². The van der Waals surface area contributed by atoms with E-state index in [1.54, 1.807) is 6.07 Å². The Morgan fingerprint density at radius 2 is 1.74 bits per heavy atom. The van der Waals surface area contributed by atoms with Crippen molar-refractivity contribution in [2.45, 2.75) is 6.36 Å². The summed E-state index contributed by atoms with van der Waals surface area (Å²) < 4.78 is 40.5. The lowest BCUT2D eigenvalue weighted by atomic mass is 10.3. The van der Waals surface area contributed by atoms with Crippen LogP contribution in [-0.4, -0.2) is 16.3 Å². The quantitative estimate of drug-likeness (QED) is 0.897. The van der Waals surface area contributed by atoms with Gasteiger partial charge in [0.1, 0.15) is 0 Å². The first-order valence-corrected chi connectivity index (χ1v) is 5.13. The molecule has 2 rings (SSSR count). The van der Waals surface area contributed by atoms with Gasteiger partial charge in [0.2, 0.25) is 5.95 Å². The summed E-state index contributed by atoms with van der Waals surface area (Å²) in [7, 11) is 0. The van der Waals surface area contributed by atoms with Crippen molar-refractivity contribution in [1.82, 2.24) is 9.97 Å². The minimum absolute atomic E-state index is 0.101. The molecule has 1 heterocycles. The van der Waals surface area contributed by atoms with Crippen molar-refractivity contribution in [3.63, 3.8) is 0 Å². The number of nitrogens with one attached hydrogen (secondary N) is 1. The number of rotatable bonds is 3. The third-order valence-electron chi connectivity index (χ3n) is 2.03. The number of alkyl halides is 3. The third-order valence-corrected chi connectivity index (χ3v) is 2.03. The molecule has 3 N–H and O–H groups in total. The third kappa shape index (κ3) is 3.73. The van der Waals surface area contributed by atoms with Gasteiger partial charge in [0.05, 0.1) is 23.8 Å². The van der Waals surface area contributed by atoms with E-state index in [4.69, 9.17) is 5.73 Å². The van der Waals surface area contributed by atoms with Crippen LogP contribution in [0, 0.1) is 0 Å². The van der Waals surface area contributed by atoms with Crippen LogP contribution < -0.4 is 15.8 Å². The van der Waals surface area contributed by atoms with Crippen LogP contribution in [-0.2, 0) is 0 Å². The molecule has 0 fully saturated rings. The molecular weight excluding hydrogens is 261 g/mol. The van der Waals surface area contributed by atoms with Crippen LogP contribution in [0.15, 0.2) is 36.7 Å². The topological polar surface area (TPSA) is 73.1 Å². The van der Waals surface area contributed by atoms with Crippen molar-refractivity contribution < 1.29 is 17.9 Å². The van der Waals surface area contributed by atoms with Crippen LogP contribution in [0.1, 0.15) is 0 Å². The number of hydrogen-bond donors (Lipinski definition) is 2. The molecular formula is C11H9F3N4O. The number of nitrogens with zero attached hydrogens (tertiary/aromatic N) is 2. The number of halogens is 3. The zero-order valence-electron chi connectivity index (χ0n) is 9.48. The molecule has 100 valence electrons. The van der Waals surface area contributed by atoms with Gasteiger partial charge in [-0.05, 0) is 12.1 Å². The van der Waals surface area contributed by atoms with Crippen LogP contribution in [0.25, 0.3) is 0 Å². The highest BCUT2D eigenvalue weighted by molar-refractivity contribution is 5.62. The Morgan fingerprint density at radius 3 is 2.37 bits per heavy atom. The fraction of sp³-hybridized carbons (Fsp3) is 0.0909. The average molecular weight is 270 g/mol. The molecule has 0 spiro atoms. The van der Waals surface area contributed by atoms with Gasteiger partial charge in [-0.15, -0.1) is 13.2 Å². The number of ether oxygens (including phenoxy) is 1. The molecule has 1 aromatic carbocycles. The predicted octanol–water partition coefficient (Wildman–Crippen LogP) is 2.70. The number of anilines is 3. The Bertz CT molecular complexity index is 557. The number of nitrogens with two attached hydrogens (primary N) is 1. The summed E-state index contributed by atoms with van der Waals surface area (Å²) in [5.74, 6) is -0.247. The minimum Gasteiger partial charge on any atom is -0.404 e. The first kappa shape index (κ1) is 12.9. The molecule has 2 aromatic rings. The van der Waals surface area contributed by atoms with Gasteiger partial charge in [0.15, 0.2) is 5.75 Å². The van der Waals surface area contributed by atoms with Gasteiger partial charge in [0, 0.05) is 0 Å². The van der Waals surface area contributed by atoms with E-state index in [9.17, 15) is 13.2 Å². The lowest BCUT2D eigenvalue weighted by Crippen LogP contribution is -2.18. The first-order valence-electron chi connectivity index (χ1n) is 5.13. The molecule has 0 bridgehead atoms. The molecule has 0 aliphatic heterocycles. The number of aromatic nitrogens is 2. The summed E-state index contributed by atoms with van der Waals surface area (Å²) >= 11 is 0. The van der Waals surface area contributed by atoms with Crippen molar-refractivity contribution in [1.29, 1.82) is 0 Å². The number of nitrogen functional groups attached to an aromatic ring is 1. The number of para-hydroxylation sites is 2. The summed E-state index contributed by atoms with van der Waals surface area (Å²) in [6, 6.07) is 5.59.